The number of nitrogens with one attached hydrogen (secondary N) is 1. The molecule has 1 heterocycles. The Kier molecular flexibility index (Phi) is 12.1. The van der Waals surface area contributed by atoms with Crippen LogP contribution in [0.2, 0.25) is 0 Å². The van der Waals surface area contributed by atoms with E-state index in [0.29, 0.717) is 18.5 Å². The van der Waals surface area contributed by atoms with Crippen LogP contribution < -0.4 is 11.1 Å². The third kappa shape index (κ3) is 6.78. The molecular formula is C19H33Cl2N3O. The molecule has 1 saturated heterocycles. The molecule has 6 heteroatoms. The van der Waals surface area contributed by atoms with Gasteiger partial charge in [0.25, 0.3) is 0 Å². The zero-order chi connectivity index (χ0) is 16.7. The highest BCUT2D eigenvalue weighted by molar-refractivity contribution is 5.85. The topological polar surface area (TPSA) is 58.4 Å². The molecule has 2 unspecified atom stereocenters. The number of hydrogen-bond donors (Lipinski definition) is 2. The molecule has 25 heavy (non-hydrogen) atoms. The molecule has 0 saturated carbocycles. The van der Waals surface area contributed by atoms with Crippen LogP contribution in [-0.4, -0.2) is 36.5 Å². The first-order chi connectivity index (χ1) is 11.2. The maximum absolute atomic E-state index is 12.4. The van der Waals surface area contributed by atoms with E-state index in [1.165, 1.54) is 12.8 Å². The standard InChI is InChI=1S/C19H31N3O.2ClH/c1-3-15(4-2)17(22-12-8-9-13-22)14-21-19(23)18(20)16-10-6-5-7-11-16;;/h5-7,10-11,15,17-18H,3-4,8-9,12-14,20H2,1-2H3,(H,21,23);2*1H. The summed E-state index contributed by atoms with van der Waals surface area (Å²) < 4.78 is 0. The Morgan fingerprint density at radius 1 is 1.12 bits per heavy atom. The van der Waals surface area contributed by atoms with Crippen molar-refractivity contribution in [1.29, 1.82) is 0 Å². The summed E-state index contributed by atoms with van der Waals surface area (Å²) in [6.07, 6.45) is 4.85. The van der Waals surface area contributed by atoms with E-state index < -0.39 is 6.04 Å². The molecule has 1 aliphatic rings. The minimum Gasteiger partial charge on any atom is -0.353 e. The van der Waals surface area contributed by atoms with Crippen molar-refractivity contribution in [1.82, 2.24) is 10.2 Å². The van der Waals surface area contributed by atoms with Gasteiger partial charge in [-0.1, -0.05) is 57.0 Å². The average Bonchev–Trinajstić information content (AvgIpc) is 3.12. The second-order valence-electron chi connectivity index (χ2n) is 6.52. The molecule has 2 rings (SSSR count). The fourth-order valence-corrected chi connectivity index (χ4v) is 3.63. The van der Waals surface area contributed by atoms with Crippen molar-refractivity contribution in [2.24, 2.45) is 11.7 Å². The molecule has 3 N–H and O–H groups in total. The number of hydrogen-bond acceptors (Lipinski definition) is 3. The van der Waals surface area contributed by atoms with Crippen LogP contribution in [0.3, 0.4) is 0 Å². The van der Waals surface area contributed by atoms with Crippen LogP contribution in [0.15, 0.2) is 30.3 Å². The lowest BCUT2D eigenvalue weighted by atomic mass is 9.92. The van der Waals surface area contributed by atoms with Crippen molar-refractivity contribution >= 4 is 30.7 Å². The zero-order valence-electron chi connectivity index (χ0n) is 15.3. The second-order valence-corrected chi connectivity index (χ2v) is 6.52. The normalized spacial score (nSPS) is 16.6. The summed E-state index contributed by atoms with van der Waals surface area (Å²) in [5, 5.41) is 3.10. The van der Waals surface area contributed by atoms with Crippen molar-refractivity contribution in [3.8, 4) is 0 Å². The zero-order valence-corrected chi connectivity index (χ0v) is 17.0. The molecule has 1 amide bonds. The average molecular weight is 390 g/mol. The maximum Gasteiger partial charge on any atom is 0.241 e. The van der Waals surface area contributed by atoms with Gasteiger partial charge in [0.1, 0.15) is 6.04 Å². The molecule has 1 aromatic carbocycles. The number of benzene rings is 1. The molecule has 1 aliphatic heterocycles. The Bertz CT molecular complexity index is 475. The minimum atomic E-state index is -0.586. The number of amides is 1. The lowest BCUT2D eigenvalue weighted by Crippen LogP contribution is -2.48. The SMILES string of the molecule is CCC(CC)C(CNC(=O)C(N)c1ccccc1)N1CCCC1.Cl.Cl. The monoisotopic (exact) mass is 389 g/mol. The first-order valence-electron chi connectivity index (χ1n) is 8.99. The number of nitrogens with two attached hydrogens (primary N) is 1. The summed E-state index contributed by atoms with van der Waals surface area (Å²) in [7, 11) is 0. The van der Waals surface area contributed by atoms with Gasteiger partial charge in [-0.15, -0.1) is 24.8 Å². The highest BCUT2D eigenvalue weighted by Crippen LogP contribution is 2.22. The lowest BCUT2D eigenvalue weighted by molar-refractivity contribution is -0.122. The predicted octanol–water partition coefficient (Wildman–Crippen LogP) is 3.55. The predicted molar refractivity (Wildman–Crippen MR) is 110 cm³/mol. The third-order valence-corrected chi connectivity index (χ3v) is 5.13. The molecule has 0 aromatic heterocycles. The molecule has 1 fully saturated rings. The van der Waals surface area contributed by atoms with Crippen LogP contribution in [0.25, 0.3) is 0 Å². The molecular weight excluding hydrogens is 357 g/mol. The number of carbonyl (C=O) groups is 1. The van der Waals surface area contributed by atoms with Crippen molar-refractivity contribution in [3.63, 3.8) is 0 Å². The highest BCUT2D eigenvalue weighted by Gasteiger charge is 2.28. The number of carbonyl (C=O) groups excluding carboxylic acids is 1. The summed E-state index contributed by atoms with van der Waals surface area (Å²) in [4.78, 5) is 15.0. The fraction of sp³-hybridized carbons (Fsp3) is 0.632. The van der Waals surface area contributed by atoms with E-state index in [0.717, 1.165) is 31.5 Å². The fourth-order valence-electron chi connectivity index (χ4n) is 3.63. The smallest absolute Gasteiger partial charge is 0.241 e. The minimum absolute atomic E-state index is 0. The van der Waals surface area contributed by atoms with Gasteiger partial charge in [-0.3, -0.25) is 9.69 Å². The molecule has 0 radical (unpaired) electrons. The number of rotatable bonds is 8. The van der Waals surface area contributed by atoms with E-state index in [9.17, 15) is 4.79 Å². The first kappa shape index (κ1) is 24.2. The Morgan fingerprint density at radius 2 is 1.68 bits per heavy atom. The third-order valence-electron chi connectivity index (χ3n) is 5.13. The molecule has 2 atom stereocenters. The van der Waals surface area contributed by atoms with Gasteiger partial charge in [0.2, 0.25) is 5.91 Å². The van der Waals surface area contributed by atoms with Crippen molar-refractivity contribution in [2.45, 2.75) is 51.6 Å². The maximum atomic E-state index is 12.4. The first-order valence-corrected chi connectivity index (χ1v) is 8.99. The van der Waals surface area contributed by atoms with Crippen LogP contribution in [0.1, 0.15) is 51.1 Å². The quantitative estimate of drug-likeness (QED) is 0.714. The Labute approximate surface area is 164 Å². The molecule has 0 bridgehead atoms. The van der Waals surface area contributed by atoms with Crippen molar-refractivity contribution in [2.75, 3.05) is 19.6 Å². The highest BCUT2D eigenvalue weighted by atomic mass is 35.5. The summed E-state index contributed by atoms with van der Waals surface area (Å²) in [6, 6.07) is 9.42. The van der Waals surface area contributed by atoms with E-state index in [2.05, 4.69) is 24.1 Å². The Morgan fingerprint density at radius 3 is 2.20 bits per heavy atom. The van der Waals surface area contributed by atoms with E-state index in [4.69, 9.17) is 5.73 Å². The molecule has 0 aliphatic carbocycles. The van der Waals surface area contributed by atoms with Gasteiger partial charge in [0.15, 0.2) is 0 Å². The van der Waals surface area contributed by atoms with E-state index in [1.807, 2.05) is 30.3 Å². The van der Waals surface area contributed by atoms with Gasteiger partial charge >= 0.3 is 0 Å². The summed E-state index contributed by atoms with van der Waals surface area (Å²) in [5.74, 6) is 0.549. The van der Waals surface area contributed by atoms with Crippen LogP contribution in [0.4, 0.5) is 0 Å². The summed E-state index contributed by atoms with van der Waals surface area (Å²) in [5.41, 5.74) is 6.96. The number of likely N-dealkylation sites (tertiary alicyclic amines) is 1. The van der Waals surface area contributed by atoms with Crippen molar-refractivity contribution < 1.29 is 4.79 Å². The van der Waals surface area contributed by atoms with Crippen molar-refractivity contribution in [3.05, 3.63) is 35.9 Å². The number of halogens is 2. The van der Waals surface area contributed by atoms with E-state index in [1.54, 1.807) is 0 Å². The van der Waals surface area contributed by atoms with Gasteiger partial charge in [0.05, 0.1) is 0 Å². The van der Waals surface area contributed by atoms with Gasteiger partial charge in [-0.05, 0) is 37.4 Å². The summed E-state index contributed by atoms with van der Waals surface area (Å²) in [6.45, 7) is 7.50. The van der Waals surface area contributed by atoms with Gasteiger partial charge in [-0.2, -0.15) is 0 Å². The second kappa shape index (κ2) is 12.5. The lowest BCUT2D eigenvalue weighted by Gasteiger charge is -2.34. The molecule has 1 aromatic rings. The van der Waals surface area contributed by atoms with Gasteiger partial charge in [0, 0.05) is 12.6 Å². The Balaban J connectivity index is 0.00000288. The van der Waals surface area contributed by atoms with Crippen LogP contribution in [-0.2, 0) is 4.79 Å². The van der Waals surface area contributed by atoms with Crippen LogP contribution in [0, 0.1) is 5.92 Å². The van der Waals surface area contributed by atoms with Gasteiger partial charge < -0.3 is 11.1 Å². The molecule has 144 valence electrons. The van der Waals surface area contributed by atoms with Gasteiger partial charge in [-0.25, -0.2) is 0 Å². The van der Waals surface area contributed by atoms with E-state index in [-0.39, 0.29) is 30.7 Å². The van der Waals surface area contributed by atoms with E-state index >= 15 is 0 Å². The summed E-state index contributed by atoms with van der Waals surface area (Å²) >= 11 is 0. The van der Waals surface area contributed by atoms with Crippen LogP contribution >= 0.6 is 24.8 Å². The van der Waals surface area contributed by atoms with Crippen LogP contribution in [0.5, 0.6) is 0 Å². The molecule has 4 nitrogen and oxygen atoms in total. The molecule has 0 spiro atoms. The largest absolute Gasteiger partial charge is 0.353 e. The Hall–Kier alpha value is -0.810. The number of nitrogens with zero attached hydrogens (tertiary/aromatic N) is 1.